The van der Waals surface area contributed by atoms with E-state index in [4.69, 9.17) is 0 Å². The lowest BCUT2D eigenvalue weighted by atomic mass is 10.0. The Morgan fingerprint density at radius 2 is 1.96 bits per heavy atom. The Bertz CT molecular complexity index is 723. The third-order valence-electron chi connectivity index (χ3n) is 3.83. The van der Waals surface area contributed by atoms with Gasteiger partial charge in [0, 0.05) is 17.4 Å². The third-order valence-corrected chi connectivity index (χ3v) is 3.83. The van der Waals surface area contributed by atoms with E-state index in [-0.39, 0.29) is 5.91 Å². The van der Waals surface area contributed by atoms with Gasteiger partial charge in [-0.05, 0) is 43.4 Å². The van der Waals surface area contributed by atoms with E-state index < -0.39 is 0 Å². The maximum absolute atomic E-state index is 12.2. The zero-order valence-electron chi connectivity index (χ0n) is 13.8. The van der Waals surface area contributed by atoms with Gasteiger partial charge in [-0.2, -0.15) is 0 Å². The van der Waals surface area contributed by atoms with Crippen molar-refractivity contribution in [3.8, 4) is 0 Å². The van der Waals surface area contributed by atoms with Gasteiger partial charge in [-0.1, -0.05) is 32.0 Å². The highest BCUT2D eigenvalue weighted by molar-refractivity contribution is 5.93. The number of anilines is 2. The Labute approximate surface area is 136 Å². The summed E-state index contributed by atoms with van der Waals surface area (Å²) in [6.45, 7) is 6.16. The summed E-state index contributed by atoms with van der Waals surface area (Å²) in [6, 6.07) is 10.1. The first-order valence-electron chi connectivity index (χ1n) is 8.05. The van der Waals surface area contributed by atoms with Crippen molar-refractivity contribution in [2.75, 3.05) is 5.32 Å². The van der Waals surface area contributed by atoms with Crippen molar-refractivity contribution < 1.29 is 4.79 Å². The van der Waals surface area contributed by atoms with Crippen molar-refractivity contribution in [2.45, 2.75) is 45.6 Å². The van der Waals surface area contributed by atoms with Gasteiger partial charge < -0.3 is 10.6 Å². The number of aryl methyl sites for hydroxylation is 1. The molecule has 0 unspecified atom stereocenters. The molecule has 1 fully saturated rings. The number of rotatable bonds is 5. The highest BCUT2D eigenvalue weighted by Crippen LogP contribution is 2.26. The second-order valence-electron chi connectivity index (χ2n) is 6.33. The number of amides is 1. The zero-order chi connectivity index (χ0) is 16.4. The van der Waals surface area contributed by atoms with Crippen LogP contribution in [0.15, 0.2) is 30.3 Å². The Morgan fingerprint density at radius 1 is 1.22 bits per heavy atom. The first-order valence-corrected chi connectivity index (χ1v) is 8.05. The average Bonchev–Trinajstić information content (AvgIpc) is 3.31. The Hall–Kier alpha value is -2.43. The van der Waals surface area contributed by atoms with Gasteiger partial charge in [0.1, 0.15) is 5.69 Å². The van der Waals surface area contributed by atoms with E-state index in [0.717, 1.165) is 24.2 Å². The molecule has 2 aromatic rings. The summed E-state index contributed by atoms with van der Waals surface area (Å²) in [5.41, 5.74) is 3.35. The molecule has 1 saturated carbocycles. The quantitative estimate of drug-likeness (QED) is 0.886. The lowest BCUT2D eigenvalue weighted by molar-refractivity contribution is 0.0946. The maximum atomic E-state index is 12.2. The molecule has 23 heavy (non-hydrogen) atoms. The molecule has 0 saturated heterocycles. The average molecular weight is 310 g/mol. The van der Waals surface area contributed by atoms with Gasteiger partial charge in [-0.25, -0.2) is 9.97 Å². The standard InChI is InChI=1S/C18H22N4O/c1-11(2)14-6-4-5-7-15(14)21-18-19-12(3)10-16(22-18)17(23)20-13-8-9-13/h4-7,10-11,13H,8-9H2,1-3H3,(H,20,23)(H,19,21,22). The van der Waals surface area contributed by atoms with Crippen LogP contribution in [0.2, 0.25) is 0 Å². The smallest absolute Gasteiger partial charge is 0.270 e. The Morgan fingerprint density at radius 3 is 2.65 bits per heavy atom. The molecule has 1 aromatic heterocycles. The molecule has 0 aliphatic heterocycles. The highest BCUT2D eigenvalue weighted by atomic mass is 16.2. The molecule has 2 N–H and O–H groups in total. The van der Waals surface area contributed by atoms with Crippen LogP contribution in [0.4, 0.5) is 11.6 Å². The van der Waals surface area contributed by atoms with Gasteiger partial charge >= 0.3 is 0 Å². The van der Waals surface area contributed by atoms with Crippen LogP contribution in [-0.2, 0) is 0 Å². The summed E-state index contributed by atoms with van der Waals surface area (Å²) in [7, 11) is 0. The fourth-order valence-electron chi connectivity index (χ4n) is 2.46. The molecule has 0 radical (unpaired) electrons. The second-order valence-corrected chi connectivity index (χ2v) is 6.33. The molecule has 1 heterocycles. The molecule has 1 aliphatic rings. The Balaban J connectivity index is 1.85. The molecule has 1 aromatic carbocycles. The van der Waals surface area contributed by atoms with Crippen LogP contribution in [0.5, 0.6) is 0 Å². The molecule has 5 nitrogen and oxygen atoms in total. The lowest BCUT2D eigenvalue weighted by Gasteiger charge is -2.14. The van der Waals surface area contributed by atoms with E-state index >= 15 is 0 Å². The normalized spacial score (nSPS) is 13.9. The minimum absolute atomic E-state index is 0.127. The summed E-state index contributed by atoms with van der Waals surface area (Å²) in [4.78, 5) is 21.0. The molecule has 0 spiro atoms. The van der Waals surface area contributed by atoms with E-state index in [0.29, 0.717) is 23.6 Å². The molecule has 5 heteroatoms. The van der Waals surface area contributed by atoms with Gasteiger partial charge in [-0.3, -0.25) is 4.79 Å². The number of hydrogen-bond donors (Lipinski definition) is 2. The van der Waals surface area contributed by atoms with Crippen LogP contribution in [-0.4, -0.2) is 21.9 Å². The van der Waals surface area contributed by atoms with Gasteiger partial charge in [0.05, 0.1) is 0 Å². The van der Waals surface area contributed by atoms with Crippen LogP contribution in [0.25, 0.3) is 0 Å². The van der Waals surface area contributed by atoms with Gasteiger partial charge in [0.15, 0.2) is 0 Å². The van der Waals surface area contributed by atoms with Crippen molar-refractivity contribution in [1.29, 1.82) is 0 Å². The van der Waals surface area contributed by atoms with Gasteiger partial charge in [-0.15, -0.1) is 0 Å². The number of hydrogen-bond acceptors (Lipinski definition) is 4. The van der Waals surface area contributed by atoms with E-state index in [2.05, 4.69) is 40.5 Å². The van der Waals surface area contributed by atoms with Crippen molar-refractivity contribution in [2.24, 2.45) is 0 Å². The molecular formula is C18H22N4O. The number of aromatic nitrogens is 2. The van der Waals surface area contributed by atoms with Crippen molar-refractivity contribution >= 4 is 17.5 Å². The number of nitrogens with one attached hydrogen (secondary N) is 2. The molecule has 1 amide bonds. The predicted molar refractivity (Wildman–Crippen MR) is 91.1 cm³/mol. The fourth-order valence-corrected chi connectivity index (χ4v) is 2.46. The molecular weight excluding hydrogens is 288 g/mol. The maximum Gasteiger partial charge on any atom is 0.270 e. The SMILES string of the molecule is Cc1cc(C(=O)NC2CC2)nc(Nc2ccccc2C(C)C)n1. The van der Waals surface area contributed by atoms with Crippen molar-refractivity contribution in [1.82, 2.24) is 15.3 Å². The number of nitrogens with zero attached hydrogens (tertiary/aromatic N) is 2. The number of benzene rings is 1. The zero-order valence-corrected chi connectivity index (χ0v) is 13.8. The minimum Gasteiger partial charge on any atom is -0.348 e. The third kappa shape index (κ3) is 3.86. The van der Waals surface area contributed by atoms with Crippen LogP contribution in [0, 0.1) is 6.92 Å². The summed E-state index contributed by atoms with van der Waals surface area (Å²) in [5, 5.41) is 6.22. The van der Waals surface area contributed by atoms with Crippen molar-refractivity contribution in [3.63, 3.8) is 0 Å². The van der Waals surface area contributed by atoms with Crippen LogP contribution in [0.3, 0.4) is 0 Å². The first kappa shape index (κ1) is 15.5. The van der Waals surface area contributed by atoms with Gasteiger partial charge in [0.2, 0.25) is 5.95 Å². The summed E-state index contributed by atoms with van der Waals surface area (Å²) < 4.78 is 0. The largest absolute Gasteiger partial charge is 0.348 e. The topological polar surface area (TPSA) is 66.9 Å². The minimum atomic E-state index is -0.127. The molecule has 0 atom stereocenters. The van der Waals surface area contributed by atoms with E-state index in [1.54, 1.807) is 6.07 Å². The summed E-state index contributed by atoms with van der Waals surface area (Å²) in [6.07, 6.45) is 2.12. The van der Waals surface area contributed by atoms with Gasteiger partial charge in [0.25, 0.3) is 5.91 Å². The monoisotopic (exact) mass is 310 g/mol. The molecule has 0 bridgehead atoms. The predicted octanol–water partition coefficient (Wildman–Crippen LogP) is 3.54. The molecule has 1 aliphatic carbocycles. The second kappa shape index (κ2) is 6.36. The summed E-state index contributed by atoms with van der Waals surface area (Å²) in [5.74, 6) is 0.721. The van der Waals surface area contributed by atoms with Crippen molar-refractivity contribution in [3.05, 3.63) is 47.3 Å². The summed E-state index contributed by atoms with van der Waals surface area (Å²) >= 11 is 0. The lowest BCUT2D eigenvalue weighted by Crippen LogP contribution is -2.26. The first-order chi connectivity index (χ1) is 11.0. The van der Waals surface area contributed by atoms with E-state index in [1.165, 1.54) is 5.56 Å². The fraction of sp³-hybridized carbons (Fsp3) is 0.389. The Kier molecular flexibility index (Phi) is 4.28. The van der Waals surface area contributed by atoms with Crippen LogP contribution in [0.1, 0.15) is 54.4 Å². The van der Waals surface area contributed by atoms with Crippen LogP contribution < -0.4 is 10.6 Å². The highest BCUT2D eigenvalue weighted by Gasteiger charge is 2.24. The molecule has 120 valence electrons. The van der Waals surface area contributed by atoms with Crippen LogP contribution >= 0.6 is 0 Å². The number of carbonyl (C=O) groups excluding carboxylic acids is 1. The van der Waals surface area contributed by atoms with E-state index in [1.807, 2.05) is 25.1 Å². The van der Waals surface area contributed by atoms with E-state index in [9.17, 15) is 4.79 Å². The molecule has 3 rings (SSSR count). The number of carbonyl (C=O) groups is 1. The number of para-hydroxylation sites is 1.